The molecule has 4 heteroatoms. The Hall–Kier alpha value is -1.26. The summed E-state index contributed by atoms with van der Waals surface area (Å²) >= 11 is 0. The lowest BCUT2D eigenvalue weighted by atomic mass is 9.92. The molecule has 3 rings (SSSR count). The second kappa shape index (κ2) is 5.85. The lowest BCUT2D eigenvalue weighted by molar-refractivity contribution is 0.142. The van der Waals surface area contributed by atoms with Crippen LogP contribution < -0.4 is 15.0 Å². The van der Waals surface area contributed by atoms with Crippen molar-refractivity contribution < 1.29 is 9.84 Å². The molecule has 0 heterocycles. The number of nitrogens with zero attached hydrogens (tertiary/aromatic N) is 1. The number of ether oxygens (including phenoxy) is 1. The summed E-state index contributed by atoms with van der Waals surface area (Å²) in [5.41, 5.74) is 0.910. The molecule has 2 saturated carbocycles. The Morgan fingerprint density at radius 1 is 1.29 bits per heavy atom. The molecule has 1 aromatic rings. The Morgan fingerprint density at radius 2 is 2.00 bits per heavy atom. The third-order valence-corrected chi connectivity index (χ3v) is 4.73. The predicted octanol–water partition coefficient (Wildman–Crippen LogP) is 2.02. The van der Waals surface area contributed by atoms with Crippen LogP contribution in [0, 0.1) is 5.92 Å². The topological polar surface area (TPSA) is 44.7 Å². The Morgan fingerprint density at radius 3 is 2.57 bits per heavy atom. The summed E-state index contributed by atoms with van der Waals surface area (Å²) in [6.45, 7) is 1.01. The van der Waals surface area contributed by atoms with E-state index in [1.54, 1.807) is 7.11 Å². The minimum atomic E-state index is -0.170. The van der Waals surface area contributed by atoms with Gasteiger partial charge in [-0.15, -0.1) is 0 Å². The predicted molar refractivity (Wildman–Crippen MR) is 85.0 cm³/mol. The lowest BCUT2D eigenvalue weighted by Crippen LogP contribution is -2.58. The van der Waals surface area contributed by atoms with Gasteiger partial charge in [-0.2, -0.15) is 0 Å². The number of rotatable bonds is 8. The highest BCUT2D eigenvalue weighted by atomic mass is 16.5. The van der Waals surface area contributed by atoms with Gasteiger partial charge in [-0.3, -0.25) is 0 Å². The van der Waals surface area contributed by atoms with E-state index in [9.17, 15) is 5.11 Å². The van der Waals surface area contributed by atoms with Crippen LogP contribution in [0.4, 0.5) is 5.69 Å². The molecule has 0 bridgehead atoms. The Labute approximate surface area is 127 Å². The molecule has 4 nitrogen and oxygen atoms in total. The first kappa shape index (κ1) is 14.7. The van der Waals surface area contributed by atoms with E-state index in [4.69, 9.17) is 4.74 Å². The molecule has 0 aliphatic heterocycles. The molecular weight excluding hydrogens is 264 g/mol. The van der Waals surface area contributed by atoms with Crippen LogP contribution in [0.25, 0.3) is 0 Å². The molecule has 0 spiro atoms. The standard InChI is InChI=1S/C17H26N2O2/c1-19(15-5-3-4-6-16(15)21-2)11-17(12-20,13-7-8-13)18-14-9-10-14/h3-6,13-14,18,20H,7-12H2,1-2H3. The Balaban J connectivity index is 1.77. The van der Waals surface area contributed by atoms with Crippen LogP contribution >= 0.6 is 0 Å². The van der Waals surface area contributed by atoms with Crippen LogP contribution in [0.2, 0.25) is 0 Å². The SMILES string of the molecule is COc1ccccc1N(C)CC(CO)(NC1CC1)C1CC1. The van der Waals surface area contributed by atoms with E-state index in [-0.39, 0.29) is 12.1 Å². The van der Waals surface area contributed by atoms with Crippen molar-refractivity contribution in [2.24, 2.45) is 5.92 Å². The number of nitrogens with one attached hydrogen (secondary N) is 1. The molecule has 0 aromatic heterocycles. The molecule has 2 aliphatic rings. The molecule has 0 radical (unpaired) electrons. The molecule has 1 unspecified atom stereocenters. The fourth-order valence-corrected chi connectivity index (χ4v) is 3.24. The molecule has 0 saturated heterocycles. The minimum Gasteiger partial charge on any atom is -0.495 e. The first-order chi connectivity index (χ1) is 10.2. The Bertz CT molecular complexity index is 485. The van der Waals surface area contributed by atoms with E-state index in [1.807, 2.05) is 18.2 Å². The number of hydrogen-bond donors (Lipinski definition) is 2. The summed E-state index contributed by atoms with van der Waals surface area (Å²) in [7, 11) is 3.79. The van der Waals surface area contributed by atoms with Crippen molar-refractivity contribution in [1.82, 2.24) is 5.32 Å². The number of benzene rings is 1. The van der Waals surface area contributed by atoms with Gasteiger partial charge < -0.3 is 20.1 Å². The summed E-state index contributed by atoms with van der Waals surface area (Å²) in [4.78, 5) is 2.21. The molecule has 1 atom stereocenters. The van der Waals surface area contributed by atoms with E-state index < -0.39 is 0 Å². The summed E-state index contributed by atoms with van der Waals surface area (Å²) in [6.07, 6.45) is 4.93. The maximum Gasteiger partial charge on any atom is 0.142 e. The van der Waals surface area contributed by atoms with Gasteiger partial charge in [0.1, 0.15) is 5.75 Å². The minimum absolute atomic E-state index is 0.170. The van der Waals surface area contributed by atoms with Crippen molar-refractivity contribution in [3.05, 3.63) is 24.3 Å². The fraction of sp³-hybridized carbons (Fsp3) is 0.647. The van der Waals surface area contributed by atoms with Crippen molar-refractivity contribution in [2.45, 2.75) is 37.3 Å². The average molecular weight is 290 g/mol. The van der Waals surface area contributed by atoms with E-state index in [1.165, 1.54) is 25.7 Å². The zero-order chi connectivity index (χ0) is 14.9. The van der Waals surface area contributed by atoms with Gasteiger partial charge in [0.25, 0.3) is 0 Å². The highest BCUT2D eigenvalue weighted by Crippen LogP contribution is 2.42. The highest BCUT2D eigenvalue weighted by Gasteiger charge is 2.48. The van der Waals surface area contributed by atoms with Gasteiger partial charge in [0, 0.05) is 19.6 Å². The van der Waals surface area contributed by atoms with Crippen molar-refractivity contribution in [2.75, 3.05) is 32.2 Å². The van der Waals surface area contributed by atoms with Gasteiger partial charge >= 0.3 is 0 Å². The van der Waals surface area contributed by atoms with Gasteiger partial charge in [-0.05, 0) is 43.7 Å². The summed E-state index contributed by atoms with van der Waals surface area (Å²) in [5, 5.41) is 13.8. The average Bonchev–Trinajstić information content (AvgIpc) is 3.38. The highest BCUT2D eigenvalue weighted by molar-refractivity contribution is 5.58. The van der Waals surface area contributed by atoms with Gasteiger partial charge in [0.05, 0.1) is 24.9 Å². The van der Waals surface area contributed by atoms with Crippen molar-refractivity contribution in [3.8, 4) is 5.75 Å². The number of hydrogen-bond acceptors (Lipinski definition) is 4. The summed E-state index contributed by atoms with van der Waals surface area (Å²) < 4.78 is 5.46. The number of aliphatic hydroxyl groups is 1. The molecular formula is C17H26N2O2. The summed E-state index contributed by atoms with van der Waals surface area (Å²) in [6, 6.07) is 8.67. The van der Waals surface area contributed by atoms with E-state index >= 15 is 0 Å². The maximum absolute atomic E-state index is 10.1. The molecule has 2 N–H and O–H groups in total. The molecule has 116 valence electrons. The van der Waals surface area contributed by atoms with Crippen LogP contribution in [0.5, 0.6) is 5.75 Å². The van der Waals surface area contributed by atoms with Crippen LogP contribution in [-0.2, 0) is 0 Å². The summed E-state index contributed by atoms with van der Waals surface area (Å²) in [5.74, 6) is 1.48. The molecule has 0 amide bonds. The normalized spacial score (nSPS) is 20.9. The number of anilines is 1. The van der Waals surface area contributed by atoms with E-state index in [0.717, 1.165) is 18.0 Å². The van der Waals surface area contributed by atoms with Crippen LogP contribution in [0.15, 0.2) is 24.3 Å². The fourth-order valence-electron chi connectivity index (χ4n) is 3.24. The molecule has 2 fully saturated rings. The maximum atomic E-state index is 10.1. The van der Waals surface area contributed by atoms with E-state index in [0.29, 0.717) is 12.0 Å². The van der Waals surface area contributed by atoms with Crippen molar-refractivity contribution in [1.29, 1.82) is 0 Å². The largest absolute Gasteiger partial charge is 0.495 e. The van der Waals surface area contributed by atoms with Crippen molar-refractivity contribution >= 4 is 5.69 Å². The zero-order valence-corrected chi connectivity index (χ0v) is 13.0. The second-order valence-corrected chi connectivity index (χ2v) is 6.54. The first-order valence-electron chi connectivity index (χ1n) is 7.91. The number of para-hydroxylation sites is 2. The number of methoxy groups -OCH3 is 1. The third kappa shape index (κ3) is 3.16. The van der Waals surface area contributed by atoms with Crippen molar-refractivity contribution in [3.63, 3.8) is 0 Å². The monoisotopic (exact) mass is 290 g/mol. The van der Waals surface area contributed by atoms with Crippen LogP contribution in [0.1, 0.15) is 25.7 Å². The van der Waals surface area contributed by atoms with Crippen LogP contribution in [-0.4, -0.2) is 44.0 Å². The lowest BCUT2D eigenvalue weighted by Gasteiger charge is -2.38. The van der Waals surface area contributed by atoms with Crippen LogP contribution in [0.3, 0.4) is 0 Å². The third-order valence-electron chi connectivity index (χ3n) is 4.73. The quantitative estimate of drug-likeness (QED) is 0.769. The van der Waals surface area contributed by atoms with Gasteiger partial charge in [-0.25, -0.2) is 0 Å². The number of aliphatic hydroxyl groups excluding tert-OH is 1. The molecule has 2 aliphatic carbocycles. The Kier molecular flexibility index (Phi) is 4.09. The zero-order valence-electron chi connectivity index (χ0n) is 13.0. The first-order valence-corrected chi connectivity index (χ1v) is 7.91. The van der Waals surface area contributed by atoms with E-state index in [2.05, 4.69) is 23.3 Å². The molecule has 1 aromatic carbocycles. The second-order valence-electron chi connectivity index (χ2n) is 6.54. The van der Waals surface area contributed by atoms with Gasteiger partial charge in [0.15, 0.2) is 0 Å². The molecule has 21 heavy (non-hydrogen) atoms. The van der Waals surface area contributed by atoms with Gasteiger partial charge in [-0.1, -0.05) is 12.1 Å². The van der Waals surface area contributed by atoms with Gasteiger partial charge in [0.2, 0.25) is 0 Å². The number of likely N-dealkylation sites (N-methyl/N-ethyl adjacent to an activating group) is 1. The smallest absolute Gasteiger partial charge is 0.142 e.